The van der Waals surface area contributed by atoms with Crippen LogP contribution in [0.4, 0.5) is 5.82 Å². The highest BCUT2D eigenvalue weighted by molar-refractivity contribution is 6.05. The Labute approximate surface area is 186 Å². The van der Waals surface area contributed by atoms with Gasteiger partial charge in [0.1, 0.15) is 11.9 Å². The maximum absolute atomic E-state index is 12.8. The molecule has 1 unspecified atom stereocenters. The van der Waals surface area contributed by atoms with Gasteiger partial charge in [0.25, 0.3) is 5.91 Å². The van der Waals surface area contributed by atoms with Gasteiger partial charge in [0.05, 0.1) is 0 Å². The van der Waals surface area contributed by atoms with Crippen molar-refractivity contribution in [3.8, 4) is 0 Å². The molecule has 3 amide bonds. The third-order valence-electron chi connectivity index (χ3n) is 6.61. The molecule has 0 spiro atoms. The molecule has 2 aromatic rings. The van der Waals surface area contributed by atoms with E-state index >= 15 is 0 Å². The van der Waals surface area contributed by atoms with Gasteiger partial charge in [0.15, 0.2) is 0 Å². The maximum atomic E-state index is 12.8. The molecule has 2 fully saturated rings. The normalized spacial score (nSPS) is 21.6. The summed E-state index contributed by atoms with van der Waals surface area (Å²) in [5.41, 5.74) is 2.59. The molecule has 32 heavy (non-hydrogen) atoms. The molecule has 9 heteroatoms. The summed E-state index contributed by atoms with van der Waals surface area (Å²) in [5.74, 6) is 0.697. The molecule has 3 N–H and O–H groups in total. The molecule has 1 aromatic heterocycles. The average molecular weight is 437 g/mol. The number of amides is 3. The molecule has 0 radical (unpaired) electrons. The van der Waals surface area contributed by atoms with Crippen LogP contribution in [0.25, 0.3) is 0 Å². The Morgan fingerprint density at radius 1 is 1.09 bits per heavy atom. The van der Waals surface area contributed by atoms with Gasteiger partial charge in [-0.05, 0) is 55.5 Å². The maximum Gasteiger partial charge on any atom is 0.255 e. The number of rotatable bonds is 6. The Hall–Kier alpha value is -3.20. The van der Waals surface area contributed by atoms with E-state index in [9.17, 15) is 14.4 Å². The Morgan fingerprint density at radius 3 is 2.75 bits per heavy atom. The summed E-state index contributed by atoms with van der Waals surface area (Å²) < 4.78 is 2.01. The Kier molecular flexibility index (Phi) is 5.65. The summed E-state index contributed by atoms with van der Waals surface area (Å²) in [5, 5.41) is 13.7. The second-order valence-corrected chi connectivity index (χ2v) is 8.86. The summed E-state index contributed by atoms with van der Waals surface area (Å²) in [6.45, 7) is 4.10. The van der Waals surface area contributed by atoms with Crippen LogP contribution in [0.2, 0.25) is 0 Å². The van der Waals surface area contributed by atoms with E-state index in [1.165, 1.54) is 12.8 Å². The monoisotopic (exact) mass is 436 g/mol. The van der Waals surface area contributed by atoms with Crippen LogP contribution in [-0.2, 0) is 29.2 Å². The van der Waals surface area contributed by atoms with E-state index in [2.05, 4.69) is 21.0 Å². The van der Waals surface area contributed by atoms with Crippen LogP contribution < -0.4 is 16.0 Å². The minimum atomic E-state index is -0.585. The first-order valence-corrected chi connectivity index (χ1v) is 11.3. The van der Waals surface area contributed by atoms with Crippen LogP contribution in [-0.4, -0.2) is 51.5 Å². The summed E-state index contributed by atoms with van der Waals surface area (Å²) in [4.78, 5) is 38.0. The Bertz CT molecular complexity index is 1040. The summed E-state index contributed by atoms with van der Waals surface area (Å²) in [6.07, 6.45) is 5.02. The fourth-order valence-electron chi connectivity index (χ4n) is 4.82. The Balaban J connectivity index is 1.19. The minimum Gasteiger partial charge on any atom is -0.365 e. The van der Waals surface area contributed by atoms with Gasteiger partial charge in [0, 0.05) is 43.9 Å². The van der Waals surface area contributed by atoms with Gasteiger partial charge in [-0.25, -0.2) is 0 Å². The van der Waals surface area contributed by atoms with E-state index in [1.807, 2.05) is 35.1 Å². The highest BCUT2D eigenvalue weighted by atomic mass is 16.2. The third kappa shape index (κ3) is 4.25. The highest BCUT2D eigenvalue weighted by Crippen LogP contribution is 2.28. The zero-order valence-electron chi connectivity index (χ0n) is 18.0. The number of aromatic nitrogens is 2. The molecule has 4 heterocycles. The molecule has 168 valence electrons. The summed E-state index contributed by atoms with van der Waals surface area (Å²) in [6, 6.07) is 7.18. The molecular weight excluding hydrogens is 408 g/mol. The van der Waals surface area contributed by atoms with E-state index < -0.39 is 6.04 Å². The number of nitrogens with zero attached hydrogens (tertiary/aromatic N) is 3. The van der Waals surface area contributed by atoms with Crippen molar-refractivity contribution in [2.75, 3.05) is 18.4 Å². The van der Waals surface area contributed by atoms with Crippen LogP contribution >= 0.6 is 0 Å². The number of benzene rings is 1. The van der Waals surface area contributed by atoms with E-state index in [1.54, 1.807) is 4.90 Å². The molecule has 0 bridgehead atoms. The van der Waals surface area contributed by atoms with Gasteiger partial charge in [-0.2, -0.15) is 5.10 Å². The highest BCUT2D eigenvalue weighted by Gasteiger charge is 2.39. The first kappa shape index (κ1) is 20.7. The van der Waals surface area contributed by atoms with Crippen molar-refractivity contribution < 1.29 is 14.4 Å². The molecule has 5 rings (SSSR count). The van der Waals surface area contributed by atoms with Crippen LogP contribution in [0, 0.1) is 5.92 Å². The SMILES string of the molecule is O=C1CCC(N2Cc3cc(CNc4ccn(CC5CCNCC5)n4)ccc3C2=O)C(=O)N1. The van der Waals surface area contributed by atoms with Crippen LogP contribution in [0.5, 0.6) is 0 Å². The van der Waals surface area contributed by atoms with Gasteiger partial charge in [-0.1, -0.05) is 12.1 Å². The average Bonchev–Trinajstić information content (AvgIpc) is 3.37. The molecule has 0 aliphatic carbocycles. The second kappa shape index (κ2) is 8.74. The van der Waals surface area contributed by atoms with Crippen LogP contribution in [0.3, 0.4) is 0 Å². The molecule has 3 aliphatic heterocycles. The number of imide groups is 1. The zero-order chi connectivity index (χ0) is 22.1. The molecule has 2 saturated heterocycles. The number of piperidine rings is 2. The van der Waals surface area contributed by atoms with Crippen LogP contribution in [0.15, 0.2) is 30.5 Å². The van der Waals surface area contributed by atoms with E-state index in [-0.39, 0.29) is 24.1 Å². The van der Waals surface area contributed by atoms with Crippen molar-refractivity contribution in [1.82, 2.24) is 25.3 Å². The van der Waals surface area contributed by atoms with Gasteiger partial charge < -0.3 is 15.5 Å². The number of carbonyl (C=O) groups is 3. The Morgan fingerprint density at radius 2 is 1.94 bits per heavy atom. The topological polar surface area (TPSA) is 108 Å². The second-order valence-electron chi connectivity index (χ2n) is 8.86. The number of fused-ring (bicyclic) bond motifs is 1. The fraction of sp³-hybridized carbons (Fsp3) is 0.478. The van der Waals surface area contributed by atoms with Crippen LogP contribution in [0.1, 0.15) is 47.2 Å². The minimum absolute atomic E-state index is 0.148. The van der Waals surface area contributed by atoms with Crippen molar-refractivity contribution in [3.63, 3.8) is 0 Å². The third-order valence-corrected chi connectivity index (χ3v) is 6.61. The van der Waals surface area contributed by atoms with Crippen molar-refractivity contribution in [2.45, 2.75) is 51.4 Å². The molecule has 0 saturated carbocycles. The number of hydrogen-bond donors (Lipinski definition) is 3. The summed E-state index contributed by atoms with van der Waals surface area (Å²) >= 11 is 0. The molecule has 9 nitrogen and oxygen atoms in total. The molecule has 1 aromatic carbocycles. The smallest absolute Gasteiger partial charge is 0.255 e. The summed E-state index contributed by atoms with van der Waals surface area (Å²) in [7, 11) is 0. The predicted molar refractivity (Wildman–Crippen MR) is 118 cm³/mol. The standard InChI is InChI=1S/C23H28N6O3/c30-21-4-3-19(22(31)26-21)29-14-17-11-16(1-2-18(17)23(29)32)12-25-20-7-10-28(27-20)13-15-5-8-24-9-6-15/h1-2,7,10-11,15,19,24H,3-6,8-9,12-14H2,(H,25,27)(H,26,30,31). The quantitative estimate of drug-likeness (QED) is 0.589. The van der Waals surface area contributed by atoms with Gasteiger partial charge >= 0.3 is 0 Å². The van der Waals surface area contributed by atoms with Gasteiger partial charge in [-0.15, -0.1) is 0 Å². The first-order chi connectivity index (χ1) is 15.6. The predicted octanol–water partition coefficient (Wildman–Crippen LogP) is 1.26. The molecular formula is C23H28N6O3. The van der Waals surface area contributed by atoms with E-state index in [0.717, 1.165) is 36.6 Å². The van der Waals surface area contributed by atoms with E-state index in [0.29, 0.717) is 31.0 Å². The lowest BCUT2D eigenvalue weighted by Gasteiger charge is -2.29. The number of carbonyl (C=O) groups excluding carboxylic acids is 3. The largest absolute Gasteiger partial charge is 0.365 e. The molecule has 3 aliphatic rings. The van der Waals surface area contributed by atoms with Crippen molar-refractivity contribution in [3.05, 3.63) is 47.2 Å². The van der Waals surface area contributed by atoms with E-state index in [4.69, 9.17) is 0 Å². The lowest BCUT2D eigenvalue weighted by molar-refractivity contribution is -0.136. The number of hydrogen-bond acceptors (Lipinski definition) is 6. The number of nitrogens with one attached hydrogen (secondary N) is 3. The van der Waals surface area contributed by atoms with Crippen molar-refractivity contribution in [2.24, 2.45) is 5.92 Å². The lowest BCUT2D eigenvalue weighted by Crippen LogP contribution is -2.52. The van der Waals surface area contributed by atoms with Gasteiger partial charge in [0.2, 0.25) is 11.8 Å². The van der Waals surface area contributed by atoms with Crippen molar-refractivity contribution in [1.29, 1.82) is 0 Å². The first-order valence-electron chi connectivity index (χ1n) is 11.3. The van der Waals surface area contributed by atoms with Gasteiger partial charge in [-0.3, -0.25) is 24.4 Å². The fourth-order valence-corrected chi connectivity index (χ4v) is 4.82. The lowest BCUT2D eigenvalue weighted by atomic mass is 9.98. The van der Waals surface area contributed by atoms with Crippen molar-refractivity contribution >= 4 is 23.5 Å². The molecule has 1 atom stereocenters. The zero-order valence-corrected chi connectivity index (χ0v) is 18.0. The number of anilines is 1.